The maximum Gasteiger partial charge on any atom is 0.330 e. The molecule has 0 unspecified atom stereocenters. The Kier molecular flexibility index (Phi) is 8.01. The number of rotatable bonds is 8. The number of aliphatic hydroxyl groups is 3. The Hall–Kier alpha value is -0.450. The van der Waals surface area contributed by atoms with E-state index in [1.165, 1.54) is 0 Å². The molecule has 1 saturated heterocycles. The number of terminal acetylenes is 1. The largest absolute Gasteiger partial charge is 0.388 e. The molecule has 0 aromatic heterocycles. The molecule has 7 nitrogen and oxygen atoms in total. The highest BCUT2D eigenvalue weighted by Crippen LogP contribution is 2.49. The van der Waals surface area contributed by atoms with Crippen molar-refractivity contribution in [2.45, 2.75) is 57.2 Å². The van der Waals surface area contributed by atoms with Gasteiger partial charge in [-0.1, -0.05) is 0 Å². The van der Waals surface area contributed by atoms with Crippen LogP contribution in [0.3, 0.4) is 0 Å². The molecular weight excluding hydrogens is 311 g/mol. The summed E-state index contributed by atoms with van der Waals surface area (Å²) < 4.78 is 28.3. The van der Waals surface area contributed by atoms with Crippen molar-refractivity contribution in [1.29, 1.82) is 0 Å². The van der Waals surface area contributed by atoms with Crippen molar-refractivity contribution >= 4 is 7.60 Å². The van der Waals surface area contributed by atoms with Crippen LogP contribution in [-0.2, 0) is 18.3 Å². The van der Waals surface area contributed by atoms with Crippen LogP contribution in [0.4, 0.5) is 0 Å². The molecule has 1 rings (SSSR count). The number of hydrogen-bond donors (Lipinski definition) is 3. The molecule has 1 aliphatic heterocycles. The number of hydrogen-bond acceptors (Lipinski definition) is 7. The van der Waals surface area contributed by atoms with Gasteiger partial charge in [-0.25, -0.2) is 0 Å². The van der Waals surface area contributed by atoms with Gasteiger partial charge in [-0.3, -0.25) is 4.57 Å². The van der Waals surface area contributed by atoms with E-state index in [1.54, 1.807) is 13.8 Å². The molecule has 5 atom stereocenters. The molecule has 1 aliphatic rings. The van der Waals surface area contributed by atoms with Crippen molar-refractivity contribution < 1.29 is 33.7 Å². The lowest BCUT2D eigenvalue weighted by Crippen LogP contribution is -2.57. The Bertz CT molecular complexity index is 412. The molecule has 1 heterocycles. The predicted octanol–water partition coefficient (Wildman–Crippen LogP) is 0.516. The minimum Gasteiger partial charge on any atom is -0.388 e. The summed E-state index contributed by atoms with van der Waals surface area (Å²) in [6, 6.07) is 0. The summed E-state index contributed by atoms with van der Waals surface area (Å²) in [4.78, 5) is 0. The minimum atomic E-state index is -3.26. The van der Waals surface area contributed by atoms with Gasteiger partial charge in [0, 0.05) is 6.42 Å². The van der Waals surface area contributed by atoms with Crippen LogP contribution in [0.2, 0.25) is 0 Å². The van der Waals surface area contributed by atoms with Gasteiger partial charge in [0.1, 0.15) is 18.3 Å². The Morgan fingerprint density at radius 1 is 1.09 bits per heavy atom. The fourth-order valence-corrected chi connectivity index (χ4v) is 4.09. The third-order valence-corrected chi connectivity index (χ3v) is 5.58. The first-order valence-corrected chi connectivity index (χ1v) is 9.12. The molecule has 0 aromatic rings. The van der Waals surface area contributed by atoms with Crippen LogP contribution < -0.4 is 0 Å². The zero-order valence-corrected chi connectivity index (χ0v) is 13.8. The van der Waals surface area contributed by atoms with E-state index in [2.05, 4.69) is 5.92 Å². The number of aliphatic hydroxyl groups excluding tert-OH is 3. The lowest BCUT2D eigenvalue weighted by Gasteiger charge is -2.40. The maximum absolute atomic E-state index is 12.4. The summed E-state index contributed by atoms with van der Waals surface area (Å²) in [7, 11) is -3.26. The second-order valence-corrected chi connectivity index (χ2v) is 7.24. The summed E-state index contributed by atoms with van der Waals surface area (Å²) >= 11 is 0. The average Bonchev–Trinajstić information content (AvgIpc) is 2.47. The minimum absolute atomic E-state index is 0.0436. The van der Waals surface area contributed by atoms with Crippen LogP contribution in [0.5, 0.6) is 0 Å². The van der Waals surface area contributed by atoms with Crippen LogP contribution in [0, 0.1) is 12.3 Å². The van der Waals surface area contributed by atoms with Gasteiger partial charge >= 0.3 is 7.60 Å². The topological polar surface area (TPSA) is 105 Å². The highest BCUT2D eigenvalue weighted by molar-refractivity contribution is 7.53. The molecule has 0 aromatic carbocycles. The Labute approximate surface area is 131 Å². The lowest BCUT2D eigenvalue weighted by atomic mass is 9.92. The fourth-order valence-electron chi connectivity index (χ4n) is 2.40. The third-order valence-electron chi connectivity index (χ3n) is 3.47. The van der Waals surface area contributed by atoms with E-state index in [-0.39, 0.29) is 32.2 Å². The van der Waals surface area contributed by atoms with E-state index in [0.29, 0.717) is 0 Å². The van der Waals surface area contributed by atoms with Crippen LogP contribution in [0.1, 0.15) is 26.7 Å². The average molecular weight is 336 g/mol. The molecule has 0 radical (unpaired) electrons. The van der Waals surface area contributed by atoms with Gasteiger partial charge < -0.3 is 29.1 Å². The predicted molar refractivity (Wildman–Crippen MR) is 80.5 cm³/mol. The summed E-state index contributed by atoms with van der Waals surface area (Å²) in [5.74, 6) is 2.35. The molecule has 0 spiro atoms. The van der Waals surface area contributed by atoms with Gasteiger partial charge in [-0.05, 0) is 20.3 Å². The molecule has 3 N–H and O–H groups in total. The molecule has 22 heavy (non-hydrogen) atoms. The molecule has 8 heteroatoms. The third kappa shape index (κ3) is 5.04. The van der Waals surface area contributed by atoms with Crippen molar-refractivity contribution in [2.75, 3.05) is 19.4 Å². The zero-order valence-electron chi connectivity index (χ0n) is 12.9. The summed E-state index contributed by atoms with van der Waals surface area (Å²) in [5, 5.41) is 29.7. The Morgan fingerprint density at radius 3 is 2.14 bits per heavy atom. The standard InChI is InChI=1S/C14H25O7P/c1-4-7-10-12(15)14(17)13(16)11(21-10)8-9-22(18,19-5-2)20-6-3/h1,10-17H,5-9H2,2-3H3/t10-,11-,12-,13-,14-/m1/s1. The quantitative estimate of drug-likeness (QED) is 0.438. The van der Waals surface area contributed by atoms with E-state index in [0.717, 1.165) is 0 Å². The van der Waals surface area contributed by atoms with Crippen LogP contribution >= 0.6 is 7.60 Å². The van der Waals surface area contributed by atoms with Gasteiger partial charge in [0.05, 0.1) is 31.6 Å². The van der Waals surface area contributed by atoms with E-state index >= 15 is 0 Å². The van der Waals surface area contributed by atoms with Crippen molar-refractivity contribution in [2.24, 2.45) is 0 Å². The van der Waals surface area contributed by atoms with E-state index in [4.69, 9.17) is 20.2 Å². The zero-order chi connectivity index (χ0) is 16.8. The first kappa shape index (κ1) is 19.6. The van der Waals surface area contributed by atoms with E-state index < -0.39 is 38.1 Å². The summed E-state index contributed by atoms with van der Waals surface area (Å²) in [5.41, 5.74) is 0. The van der Waals surface area contributed by atoms with Gasteiger partial charge in [-0.2, -0.15) is 0 Å². The van der Waals surface area contributed by atoms with Crippen molar-refractivity contribution in [3.63, 3.8) is 0 Å². The van der Waals surface area contributed by atoms with Crippen molar-refractivity contribution in [1.82, 2.24) is 0 Å². The van der Waals surface area contributed by atoms with Crippen LogP contribution in [0.15, 0.2) is 0 Å². The van der Waals surface area contributed by atoms with Crippen LogP contribution in [0.25, 0.3) is 0 Å². The monoisotopic (exact) mass is 336 g/mol. The Morgan fingerprint density at radius 2 is 1.64 bits per heavy atom. The molecule has 128 valence electrons. The molecule has 0 amide bonds. The SMILES string of the molecule is C#CC[C@H]1O[C@H](CCP(=O)(OCC)OCC)[C@@H](O)[C@H](O)[C@@H]1O. The van der Waals surface area contributed by atoms with Crippen molar-refractivity contribution in [3.8, 4) is 12.3 Å². The maximum atomic E-state index is 12.4. The Balaban J connectivity index is 2.70. The normalized spacial score (nSPS) is 32.6. The van der Waals surface area contributed by atoms with Gasteiger partial charge in [0.15, 0.2) is 0 Å². The fraction of sp³-hybridized carbons (Fsp3) is 0.857. The lowest BCUT2D eigenvalue weighted by molar-refractivity contribution is -0.220. The second kappa shape index (κ2) is 8.99. The highest BCUT2D eigenvalue weighted by Gasteiger charge is 2.43. The van der Waals surface area contributed by atoms with Crippen LogP contribution in [-0.4, -0.2) is 65.2 Å². The smallest absolute Gasteiger partial charge is 0.330 e. The molecular formula is C14H25O7P. The molecule has 0 aliphatic carbocycles. The van der Waals surface area contributed by atoms with Gasteiger partial charge in [0.25, 0.3) is 0 Å². The first-order chi connectivity index (χ1) is 10.4. The van der Waals surface area contributed by atoms with Gasteiger partial charge in [-0.15, -0.1) is 12.3 Å². The second-order valence-electron chi connectivity index (χ2n) is 5.05. The van der Waals surface area contributed by atoms with E-state index in [1.807, 2.05) is 0 Å². The highest BCUT2D eigenvalue weighted by atomic mass is 31.2. The van der Waals surface area contributed by atoms with Crippen molar-refractivity contribution in [3.05, 3.63) is 0 Å². The summed E-state index contributed by atoms with van der Waals surface area (Å²) in [6.45, 7) is 3.90. The number of ether oxygens (including phenoxy) is 1. The molecule has 0 saturated carbocycles. The van der Waals surface area contributed by atoms with E-state index in [9.17, 15) is 19.9 Å². The molecule has 0 bridgehead atoms. The molecule has 1 fully saturated rings. The first-order valence-electron chi connectivity index (χ1n) is 7.39. The van der Waals surface area contributed by atoms with Gasteiger partial charge in [0.2, 0.25) is 0 Å². The summed E-state index contributed by atoms with van der Waals surface area (Å²) in [6.07, 6.45) is 0.0225.